The number of anilines is 1. The minimum absolute atomic E-state index is 0.0835. The molecule has 2 aromatic heterocycles. The smallest absolute Gasteiger partial charge is 0.313 e. The minimum atomic E-state index is -0.752. The predicted molar refractivity (Wildman–Crippen MR) is 89.2 cm³/mol. The van der Waals surface area contributed by atoms with Gasteiger partial charge in [-0.05, 0) is 25.0 Å². The maximum atomic E-state index is 12.3. The molecule has 0 radical (unpaired) electrons. The topological polar surface area (TPSA) is 97.1 Å². The van der Waals surface area contributed by atoms with Crippen LogP contribution < -0.4 is 10.6 Å². The lowest BCUT2D eigenvalue weighted by Gasteiger charge is -2.21. The van der Waals surface area contributed by atoms with Crippen LogP contribution in [0.1, 0.15) is 44.0 Å². The van der Waals surface area contributed by atoms with E-state index < -0.39 is 11.8 Å². The fourth-order valence-electron chi connectivity index (χ4n) is 2.34. The third kappa shape index (κ3) is 3.98. The molecule has 7 nitrogen and oxygen atoms in total. The van der Waals surface area contributed by atoms with E-state index in [4.69, 9.17) is 4.52 Å². The van der Waals surface area contributed by atoms with Crippen molar-refractivity contribution in [2.45, 2.75) is 40.2 Å². The van der Waals surface area contributed by atoms with Crippen molar-refractivity contribution in [3.63, 3.8) is 0 Å². The SMILES string of the molecule is CCc1onc(C)c1NC(=O)C(=O)NC(c1ccccn1)C(C)C. The maximum Gasteiger partial charge on any atom is 0.313 e. The largest absolute Gasteiger partial charge is 0.359 e. The van der Waals surface area contributed by atoms with E-state index in [2.05, 4.69) is 20.8 Å². The number of aryl methyl sites for hydroxylation is 2. The number of nitrogens with zero attached hydrogens (tertiary/aromatic N) is 2. The van der Waals surface area contributed by atoms with Crippen LogP contribution in [0.2, 0.25) is 0 Å². The van der Waals surface area contributed by atoms with Gasteiger partial charge in [0.15, 0.2) is 5.76 Å². The number of hydrogen-bond donors (Lipinski definition) is 2. The van der Waals surface area contributed by atoms with Gasteiger partial charge in [0.05, 0.1) is 11.7 Å². The molecule has 0 spiro atoms. The molecule has 0 fully saturated rings. The fraction of sp³-hybridized carbons (Fsp3) is 0.412. The molecule has 1 atom stereocenters. The molecule has 24 heavy (non-hydrogen) atoms. The van der Waals surface area contributed by atoms with Crippen LogP contribution in [-0.4, -0.2) is 22.0 Å². The van der Waals surface area contributed by atoms with Gasteiger partial charge in [-0.25, -0.2) is 0 Å². The van der Waals surface area contributed by atoms with E-state index >= 15 is 0 Å². The summed E-state index contributed by atoms with van der Waals surface area (Å²) in [5.74, 6) is -0.849. The summed E-state index contributed by atoms with van der Waals surface area (Å²) in [6.07, 6.45) is 2.23. The van der Waals surface area contributed by atoms with Crippen LogP contribution in [0.3, 0.4) is 0 Å². The zero-order valence-corrected chi connectivity index (χ0v) is 14.3. The Kier molecular flexibility index (Phi) is 5.68. The number of hydrogen-bond acceptors (Lipinski definition) is 5. The average molecular weight is 330 g/mol. The summed E-state index contributed by atoms with van der Waals surface area (Å²) in [6.45, 7) is 7.50. The van der Waals surface area contributed by atoms with Crippen molar-refractivity contribution in [3.05, 3.63) is 41.5 Å². The lowest BCUT2D eigenvalue weighted by molar-refractivity contribution is -0.136. The van der Waals surface area contributed by atoms with E-state index in [9.17, 15) is 9.59 Å². The molecule has 0 bridgehead atoms. The van der Waals surface area contributed by atoms with Crippen LogP contribution in [0.5, 0.6) is 0 Å². The van der Waals surface area contributed by atoms with Crippen molar-refractivity contribution in [3.8, 4) is 0 Å². The highest BCUT2D eigenvalue weighted by Gasteiger charge is 2.25. The first-order valence-electron chi connectivity index (χ1n) is 7.92. The van der Waals surface area contributed by atoms with E-state index in [1.807, 2.05) is 32.9 Å². The Hall–Kier alpha value is -2.70. The molecule has 2 N–H and O–H groups in total. The lowest BCUT2D eigenvalue weighted by Crippen LogP contribution is -2.40. The molecule has 1 unspecified atom stereocenters. The van der Waals surface area contributed by atoms with Crippen LogP contribution in [0.15, 0.2) is 28.9 Å². The number of aromatic nitrogens is 2. The first-order chi connectivity index (χ1) is 11.4. The van der Waals surface area contributed by atoms with Crippen molar-refractivity contribution in [1.29, 1.82) is 0 Å². The normalized spacial score (nSPS) is 12.0. The lowest BCUT2D eigenvalue weighted by atomic mass is 10.0. The summed E-state index contributed by atoms with van der Waals surface area (Å²) >= 11 is 0. The Morgan fingerprint density at radius 2 is 2.00 bits per heavy atom. The molecule has 7 heteroatoms. The number of rotatable bonds is 5. The monoisotopic (exact) mass is 330 g/mol. The van der Waals surface area contributed by atoms with Gasteiger partial charge in [-0.15, -0.1) is 0 Å². The Morgan fingerprint density at radius 1 is 1.25 bits per heavy atom. The second-order valence-corrected chi connectivity index (χ2v) is 5.82. The highest BCUT2D eigenvalue weighted by molar-refractivity contribution is 6.39. The summed E-state index contributed by atoms with van der Waals surface area (Å²) in [5.41, 5.74) is 1.71. The summed E-state index contributed by atoms with van der Waals surface area (Å²) in [4.78, 5) is 28.7. The second kappa shape index (κ2) is 7.72. The van der Waals surface area contributed by atoms with Crippen LogP contribution in [0, 0.1) is 12.8 Å². The Balaban J connectivity index is 2.10. The summed E-state index contributed by atoms with van der Waals surface area (Å²) in [7, 11) is 0. The molecule has 2 rings (SSSR count). The third-order valence-electron chi connectivity index (χ3n) is 3.66. The predicted octanol–water partition coefficient (Wildman–Crippen LogP) is 2.39. The molecule has 0 saturated carbocycles. The minimum Gasteiger partial charge on any atom is -0.359 e. The quantitative estimate of drug-likeness (QED) is 0.821. The molecule has 2 amide bonds. The molecule has 0 aliphatic carbocycles. The molecule has 0 saturated heterocycles. The van der Waals surface area contributed by atoms with Crippen LogP contribution in [0.25, 0.3) is 0 Å². The van der Waals surface area contributed by atoms with E-state index in [0.717, 1.165) is 0 Å². The Labute approximate surface area is 140 Å². The molecule has 0 aliphatic heterocycles. The molecular weight excluding hydrogens is 308 g/mol. The first kappa shape index (κ1) is 17.7. The van der Waals surface area contributed by atoms with Crippen LogP contribution in [-0.2, 0) is 16.0 Å². The van der Waals surface area contributed by atoms with E-state index in [0.29, 0.717) is 29.3 Å². The molecule has 128 valence electrons. The molecule has 2 heterocycles. The first-order valence-corrected chi connectivity index (χ1v) is 7.92. The number of nitrogens with one attached hydrogen (secondary N) is 2. The van der Waals surface area contributed by atoms with Crippen LogP contribution in [0.4, 0.5) is 5.69 Å². The molecule has 0 aromatic carbocycles. The van der Waals surface area contributed by atoms with E-state index in [1.165, 1.54) is 0 Å². The van der Waals surface area contributed by atoms with Gasteiger partial charge in [0.2, 0.25) is 0 Å². The highest BCUT2D eigenvalue weighted by Crippen LogP contribution is 2.21. The van der Waals surface area contributed by atoms with Gasteiger partial charge in [-0.3, -0.25) is 14.6 Å². The van der Waals surface area contributed by atoms with Gasteiger partial charge in [0, 0.05) is 12.6 Å². The second-order valence-electron chi connectivity index (χ2n) is 5.82. The van der Waals surface area contributed by atoms with Gasteiger partial charge in [-0.2, -0.15) is 0 Å². The van der Waals surface area contributed by atoms with E-state index in [-0.39, 0.29) is 12.0 Å². The van der Waals surface area contributed by atoms with Crippen LogP contribution >= 0.6 is 0 Å². The van der Waals surface area contributed by atoms with Crippen molar-refractivity contribution >= 4 is 17.5 Å². The van der Waals surface area contributed by atoms with Crippen molar-refractivity contribution < 1.29 is 14.1 Å². The van der Waals surface area contributed by atoms with Gasteiger partial charge < -0.3 is 15.2 Å². The van der Waals surface area contributed by atoms with Gasteiger partial charge in [-0.1, -0.05) is 32.0 Å². The number of amides is 2. The Morgan fingerprint density at radius 3 is 2.58 bits per heavy atom. The summed E-state index contributed by atoms with van der Waals surface area (Å²) < 4.78 is 5.11. The van der Waals surface area contributed by atoms with Crippen molar-refractivity contribution in [2.24, 2.45) is 5.92 Å². The highest BCUT2D eigenvalue weighted by atomic mass is 16.5. The molecule has 2 aromatic rings. The third-order valence-corrected chi connectivity index (χ3v) is 3.66. The standard InChI is InChI=1S/C17H22N4O3/c1-5-13-15(11(4)21-24-13)20-17(23)16(22)19-14(10(2)3)12-8-6-7-9-18-12/h6-10,14H,5H2,1-4H3,(H,19,22)(H,20,23). The molecular formula is C17H22N4O3. The average Bonchev–Trinajstić information content (AvgIpc) is 2.92. The van der Waals surface area contributed by atoms with Gasteiger partial charge in [0.25, 0.3) is 0 Å². The fourth-order valence-corrected chi connectivity index (χ4v) is 2.34. The number of carbonyl (C=O) groups is 2. The molecule has 0 aliphatic rings. The van der Waals surface area contributed by atoms with E-state index in [1.54, 1.807) is 19.2 Å². The zero-order chi connectivity index (χ0) is 17.7. The number of pyridine rings is 1. The summed E-state index contributed by atoms with van der Waals surface area (Å²) in [5, 5.41) is 9.12. The zero-order valence-electron chi connectivity index (χ0n) is 14.3. The maximum absolute atomic E-state index is 12.3. The van der Waals surface area contributed by atoms with Crippen molar-refractivity contribution in [1.82, 2.24) is 15.5 Å². The van der Waals surface area contributed by atoms with Gasteiger partial charge in [0.1, 0.15) is 11.4 Å². The number of carbonyl (C=O) groups excluding carboxylic acids is 2. The van der Waals surface area contributed by atoms with Crippen molar-refractivity contribution in [2.75, 3.05) is 5.32 Å². The Bertz CT molecular complexity index is 710. The summed E-state index contributed by atoms with van der Waals surface area (Å²) in [6, 6.07) is 5.12. The van der Waals surface area contributed by atoms with Gasteiger partial charge >= 0.3 is 11.8 Å².